The van der Waals surface area contributed by atoms with Crippen LogP contribution in [0.2, 0.25) is 0 Å². The number of carbonyl (C=O) groups excluding carboxylic acids is 2. The van der Waals surface area contributed by atoms with Gasteiger partial charge in [-0.15, -0.1) is 11.8 Å². The quantitative estimate of drug-likeness (QED) is 0.731. The first-order valence-corrected chi connectivity index (χ1v) is 7.34. The maximum absolute atomic E-state index is 11.5. The third-order valence-corrected chi connectivity index (χ3v) is 3.59. The number of aliphatic hydroxyl groups is 1. The van der Waals surface area contributed by atoms with Crippen LogP contribution in [-0.4, -0.2) is 42.5 Å². The molecule has 0 saturated heterocycles. The van der Waals surface area contributed by atoms with E-state index in [0.29, 0.717) is 0 Å². The Kier molecular flexibility index (Phi) is 7.11. The van der Waals surface area contributed by atoms with E-state index in [-0.39, 0.29) is 18.2 Å². The third-order valence-electron chi connectivity index (χ3n) is 2.59. The molecule has 0 aliphatic heterocycles. The minimum absolute atomic E-state index is 0.128. The highest BCUT2D eigenvalue weighted by Crippen LogP contribution is 2.12. The highest BCUT2D eigenvalue weighted by molar-refractivity contribution is 7.99. The summed E-state index contributed by atoms with van der Waals surface area (Å²) in [6, 6.07) is 8.12. The Morgan fingerprint density at radius 1 is 1.35 bits per heavy atom. The summed E-state index contributed by atoms with van der Waals surface area (Å²) in [7, 11) is 1.19. The lowest BCUT2D eigenvalue weighted by molar-refractivity contribution is -0.150. The minimum Gasteiger partial charge on any atom is -0.467 e. The van der Waals surface area contributed by atoms with Crippen LogP contribution in [0.4, 0.5) is 0 Å². The van der Waals surface area contributed by atoms with Crippen LogP contribution in [0.1, 0.15) is 11.1 Å². The van der Waals surface area contributed by atoms with Gasteiger partial charge in [0.05, 0.1) is 19.4 Å². The standard InChI is InChI=1S/C14H19NO4S/c1-10-3-5-11(6-4-10)8-20-9-13(17)15-7-12(16)14(18)19-2/h3-6,12,16H,7-9H2,1-2H3,(H,15,17). The van der Waals surface area contributed by atoms with Crippen molar-refractivity contribution in [2.75, 3.05) is 19.4 Å². The molecular weight excluding hydrogens is 278 g/mol. The Bertz CT molecular complexity index is 447. The van der Waals surface area contributed by atoms with Crippen molar-refractivity contribution in [1.82, 2.24) is 5.32 Å². The number of ether oxygens (including phenoxy) is 1. The second-order valence-electron chi connectivity index (χ2n) is 4.32. The highest BCUT2D eigenvalue weighted by Gasteiger charge is 2.15. The summed E-state index contributed by atoms with van der Waals surface area (Å²) >= 11 is 1.48. The second kappa shape index (κ2) is 8.60. The van der Waals surface area contributed by atoms with Crippen molar-refractivity contribution in [3.8, 4) is 0 Å². The van der Waals surface area contributed by atoms with E-state index in [1.807, 2.05) is 31.2 Å². The van der Waals surface area contributed by atoms with Gasteiger partial charge in [0.1, 0.15) is 0 Å². The number of carbonyl (C=O) groups is 2. The maximum Gasteiger partial charge on any atom is 0.336 e. The van der Waals surface area contributed by atoms with Gasteiger partial charge in [0, 0.05) is 5.75 Å². The zero-order valence-electron chi connectivity index (χ0n) is 11.6. The lowest BCUT2D eigenvalue weighted by atomic mass is 10.2. The molecular formula is C14H19NO4S. The molecule has 0 spiro atoms. The van der Waals surface area contributed by atoms with E-state index < -0.39 is 12.1 Å². The molecule has 1 atom stereocenters. The van der Waals surface area contributed by atoms with Crippen LogP contribution in [0.3, 0.4) is 0 Å². The van der Waals surface area contributed by atoms with Gasteiger partial charge in [-0.1, -0.05) is 29.8 Å². The zero-order valence-corrected chi connectivity index (χ0v) is 12.4. The topological polar surface area (TPSA) is 75.6 Å². The molecule has 1 aromatic rings. The van der Waals surface area contributed by atoms with Gasteiger partial charge in [0.15, 0.2) is 6.10 Å². The van der Waals surface area contributed by atoms with E-state index in [1.165, 1.54) is 24.4 Å². The molecule has 0 fully saturated rings. The number of thioether (sulfide) groups is 1. The fourth-order valence-electron chi connectivity index (χ4n) is 1.43. The van der Waals surface area contributed by atoms with Crippen molar-refractivity contribution in [3.63, 3.8) is 0 Å². The summed E-state index contributed by atoms with van der Waals surface area (Å²) in [5, 5.41) is 11.8. The third kappa shape index (κ3) is 6.08. The first-order chi connectivity index (χ1) is 9.52. The van der Waals surface area contributed by atoms with Crippen molar-refractivity contribution in [2.45, 2.75) is 18.8 Å². The predicted molar refractivity (Wildman–Crippen MR) is 78.4 cm³/mol. The van der Waals surface area contributed by atoms with Gasteiger partial charge in [-0.3, -0.25) is 4.79 Å². The van der Waals surface area contributed by atoms with Gasteiger partial charge in [0.2, 0.25) is 5.91 Å². The van der Waals surface area contributed by atoms with Crippen LogP contribution in [-0.2, 0) is 20.1 Å². The minimum atomic E-state index is -1.31. The molecule has 0 radical (unpaired) electrons. The van der Waals surface area contributed by atoms with E-state index in [4.69, 9.17) is 0 Å². The Hall–Kier alpha value is -1.53. The molecule has 2 N–H and O–H groups in total. The molecule has 1 amide bonds. The summed E-state index contributed by atoms with van der Waals surface area (Å²) < 4.78 is 4.35. The zero-order chi connectivity index (χ0) is 15.0. The summed E-state index contributed by atoms with van der Waals surface area (Å²) in [5.41, 5.74) is 2.36. The van der Waals surface area contributed by atoms with Crippen LogP contribution in [0.25, 0.3) is 0 Å². The largest absolute Gasteiger partial charge is 0.467 e. The molecule has 0 heterocycles. The van der Waals surface area contributed by atoms with Crippen molar-refractivity contribution in [2.24, 2.45) is 0 Å². The van der Waals surface area contributed by atoms with Crippen LogP contribution >= 0.6 is 11.8 Å². The summed E-state index contributed by atoms with van der Waals surface area (Å²) in [5.74, 6) is 0.0531. The number of aryl methyl sites for hydroxylation is 1. The molecule has 5 nitrogen and oxygen atoms in total. The first-order valence-electron chi connectivity index (χ1n) is 6.19. The van der Waals surface area contributed by atoms with Gasteiger partial charge in [-0.2, -0.15) is 0 Å². The van der Waals surface area contributed by atoms with Gasteiger partial charge in [-0.05, 0) is 12.5 Å². The first kappa shape index (κ1) is 16.5. The maximum atomic E-state index is 11.5. The van der Waals surface area contributed by atoms with E-state index >= 15 is 0 Å². The van der Waals surface area contributed by atoms with E-state index in [1.54, 1.807) is 0 Å². The summed E-state index contributed by atoms with van der Waals surface area (Å²) in [6.45, 7) is 1.90. The Balaban J connectivity index is 2.20. The van der Waals surface area contributed by atoms with Crippen LogP contribution in [0, 0.1) is 6.92 Å². The SMILES string of the molecule is COC(=O)C(O)CNC(=O)CSCc1ccc(C)cc1. The summed E-state index contributed by atoms with van der Waals surface area (Å²) in [6.07, 6.45) is -1.31. The smallest absolute Gasteiger partial charge is 0.336 e. The van der Waals surface area contributed by atoms with E-state index in [0.717, 1.165) is 11.3 Å². The lowest BCUT2D eigenvalue weighted by Gasteiger charge is -2.09. The fraction of sp³-hybridized carbons (Fsp3) is 0.429. The molecule has 0 aromatic heterocycles. The average molecular weight is 297 g/mol. The van der Waals surface area contributed by atoms with Crippen molar-refractivity contribution in [3.05, 3.63) is 35.4 Å². The number of hydrogen-bond donors (Lipinski definition) is 2. The predicted octanol–water partition coefficient (Wildman–Crippen LogP) is 0.878. The normalized spacial score (nSPS) is 11.8. The molecule has 0 bridgehead atoms. The molecule has 0 saturated carbocycles. The number of benzene rings is 1. The number of nitrogens with one attached hydrogen (secondary N) is 1. The number of aliphatic hydroxyl groups excluding tert-OH is 1. The number of esters is 1. The monoisotopic (exact) mass is 297 g/mol. The van der Waals surface area contributed by atoms with Crippen LogP contribution in [0.15, 0.2) is 24.3 Å². The van der Waals surface area contributed by atoms with Crippen molar-refractivity contribution in [1.29, 1.82) is 0 Å². The van der Waals surface area contributed by atoms with Crippen LogP contribution < -0.4 is 5.32 Å². The van der Waals surface area contributed by atoms with Gasteiger partial charge < -0.3 is 15.2 Å². The molecule has 1 unspecified atom stereocenters. The molecule has 20 heavy (non-hydrogen) atoms. The van der Waals surface area contributed by atoms with Gasteiger partial charge >= 0.3 is 5.97 Å². The number of hydrogen-bond acceptors (Lipinski definition) is 5. The Morgan fingerprint density at radius 2 is 2.00 bits per heavy atom. The molecule has 1 aromatic carbocycles. The lowest BCUT2D eigenvalue weighted by Crippen LogP contribution is -2.37. The fourth-order valence-corrected chi connectivity index (χ4v) is 2.24. The Morgan fingerprint density at radius 3 is 2.60 bits per heavy atom. The average Bonchev–Trinajstić information content (AvgIpc) is 2.46. The molecule has 110 valence electrons. The van der Waals surface area contributed by atoms with Crippen molar-refractivity contribution < 1.29 is 19.4 Å². The Labute approximate surface area is 122 Å². The highest BCUT2D eigenvalue weighted by atomic mass is 32.2. The van der Waals surface area contributed by atoms with E-state index in [9.17, 15) is 14.7 Å². The molecule has 1 rings (SSSR count). The molecule has 0 aliphatic rings. The van der Waals surface area contributed by atoms with Gasteiger partial charge in [-0.25, -0.2) is 4.79 Å². The van der Waals surface area contributed by atoms with Crippen LogP contribution in [0.5, 0.6) is 0 Å². The van der Waals surface area contributed by atoms with Crippen molar-refractivity contribution >= 4 is 23.6 Å². The number of amides is 1. The second-order valence-corrected chi connectivity index (χ2v) is 5.31. The molecule has 6 heteroatoms. The van der Waals surface area contributed by atoms with Gasteiger partial charge in [0.25, 0.3) is 0 Å². The van der Waals surface area contributed by atoms with E-state index in [2.05, 4.69) is 10.1 Å². The summed E-state index contributed by atoms with van der Waals surface area (Å²) in [4.78, 5) is 22.4. The number of methoxy groups -OCH3 is 1. The molecule has 0 aliphatic carbocycles. The number of rotatable bonds is 7.